The molecule has 0 aliphatic carbocycles. The van der Waals surface area contributed by atoms with Gasteiger partial charge in [0.05, 0.1) is 17.1 Å². The van der Waals surface area contributed by atoms with Gasteiger partial charge in [-0.15, -0.1) is 0 Å². The lowest BCUT2D eigenvalue weighted by atomic mass is 10.1. The van der Waals surface area contributed by atoms with Crippen molar-refractivity contribution < 1.29 is 9.47 Å². The predicted octanol–water partition coefficient (Wildman–Crippen LogP) is 3.63. The molecule has 0 saturated carbocycles. The molecule has 4 nitrogen and oxygen atoms in total. The number of hydrogen-bond acceptors (Lipinski definition) is 3. The van der Waals surface area contributed by atoms with Crippen LogP contribution < -0.4 is 15.2 Å². The number of benzene rings is 2. The van der Waals surface area contributed by atoms with Crippen LogP contribution in [0.4, 0.5) is 0 Å². The lowest BCUT2D eigenvalue weighted by molar-refractivity contribution is 0.303. The summed E-state index contributed by atoms with van der Waals surface area (Å²) < 4.78 is 12.0. The monoisotopic (exact) mass is 348 g/mol. The topological polar surface area (TPSA) is 68.3 Å². The smallest absolute Gasteiger partial charge is 0.134 e. The summed E-state index contributed by atoms with van der Waals surface area (Å²) in [5.74, 6) is 1.35. The van der Waals surface area contributed by atoms with Crippen molar-refractivity contribution >= 4 is 21.8 Å². The number of ether oxygens (including phenoxy) is 2. The van der Waals surface area contributed by atoms with Gasteiger partial charge in [0.2, 0.25) is 0 Å². The Kier molecular flexibility index (Phi) is 4.85. The van der Waals surface area contributed by atoms with Gasteiger partial charge in [-0.1, -0.05) is 12.1 Å². The number of nitrogen functional groups attached to an aromatic ring is 1. The molecule has 0 bridgehead atoms. The molecular weight excluding hydrogens is 332 g/mol. The van der Waals surface area contributed by atoms with Crippen LogP contribution in [0.1, 0.15) is 16.7 Å². The van der Waals surface area contributed by atoms with Crippen LogP contribution in [0.5, 0.6) is 11.5 Å². The molecule has 0 amide bonds. The third-order valence-corrected chi connectivity index (χ3v) is 3.66. The fourth-order valence-electron chi connectivity index (χ4n) is 1.93. The van der Waals surface area contributed by atoms with Crippen LogP contribution in [-0.4, -0.2) is 12.9 Å². The number of methoxy groups -OCH3 is 1. The van der Waals surface area contributed by atoms with E-state index in [9.17, 15) is 0 Å². The highest BCUT2D eigenvalue weighted by molar-refractivity contribution is 9.10. The van der Waals surface area contributed by atoms with E-state index in [4.69, 9.17) is 20.6 Å². The summed E-state index contributed by atoms with van der Waals surface area (Å²) in [4.78, 5) is 0. The first-order chi connectivity index (χ1) is 10.0. The Morgan fingerprint density at radius 1 is 1.19 bits per heavy atom. The minimum Gasteiger partial charge on any atom is -0.496 e. The van der Waals surface area contributed by atoms with Crippen LogP contribution in [0.15, 0.2) is 40.9 Å². The largest absolute Gasteiger partial charge is 0.496 e. The molecular formula is C16H17BrN2O2. The Bertz CT molecular complexity index is 671. The fourth-order valence-corrected chi connectivity index (χ4v) is 2.54. The van der Waals surface area contributed by atoms with E-state index in [2.05, 4.69) is 15.9 Å². The maximum absolute atomic E-state index is 7.50. The molecule has 110 valence electrons. The molecule has 2 aromatic rings. The van der Waals surface area contributed by atoms with Crippen molar-refractivity contribution in [3.8, 4) is 11.5 Å². The number of amidine groups is 1. The van der Waals surface area contributed by atoms with Gasteiger partial charge in [0, 0.05) is 0 Å². The number of nitrogens with one attached hydrogen (secondary N) is 1. The van der Waals surface area contributed by atoms with E-state index < -0.39 is 0 Å². The zero-order valence-electron chi connectivity index (χ0n) is 11.9. The van der Waals surface area contributed by atoms with Crippen molar-refractivity contribution in [1.29, 1.82) is 5.41 Å². The Balaban J connectivity index is 2.15. The molecule has 21 heavy (non-hydrogen) atoms. The standard InChI is InChI=1S/C16H17BrN2O2/c1-10-3-6-14(13(17)7-10)21-9-11-4-5-12(16(18)19)15(8-11)20-2/h3-8H,9H2,1-2H3,(H3,18,19). The van der Waals surface area contributed by atoms with Crippen molar-refractivity contribution in [2.24, 2.45) is 5.73 Å². The molecule has 0 saturated heterocycles. The highest BCUT2D eigenvalue weighted by Gasteiger charge is 2.08. The van der Waals surface area contributed by atoms with E-state index in [1.54, 1.807) is 13.2 Å². The first-order valence-corrected chi connectivity index (χ1v) is 7.21. The molecule has 2 aromatic carbocycles. The molecule has 0 spiro atoms. The molecule has 0 unspecified atom stereocenters. The summed E-state index contributed by atoms with van der Waals surface area (Å²) >= 11 is 3.49. The van der Waals surface area contributed by atoms with Gasteiger partial charge in [0.15, 0.2) is 0 Å². The van der Waals surface area contributed by atoms with Gasteiger partial charge in [-0.25, -0.2) is 0 Å². The van der Waals surface area contributed by atoms with Crippen molar-refractivity contribution in [3.05, 3.63) is 57.6 Å². The first kappa shape index (κ1) is 15.4. The van der Waals surface area contributed by atoms with Gasteiger partial charge in [-0.05, 0) is 58.2 Å². The number of hydrogen-bond donors (Lipinski definition) is 2. The van der Waals surface area contributed by atoms with E-state index in [1.165, 1.54) is 5.56 Å². The summed E-state index contributed by atoms with van der Waals surface area (Å²) in [5, 5.41) is 7.50. The molecule has 0 aliphatic rings. The van der Waals surface area contributed by atoms with E-state index >= 15 is 0 Å². The lowest BCUT2D eigenvalue weighted by Crippen LogP contribution is -2.12. The molecule has 0 heterocycles. The van der Waals surface area contributed by atoms with Crippen molar-refractivity contribution in [3.63, 3.8) is 0 Å². The second-order valence-electron chi connectivity index (χ2n) is 4.67. The van der Waals surface area contributed by atoms with E-state index in [0.29, 0.717) is 17.9 Å². The Morgan fingerprint density at radius 2 is 1.95 bits per heavy atom. The molecule has 2 rings (SSSR count). The molecule has 0 aliphatic heterocycles. The zero-order chi connectivity index (χ0) is 15.4. The average molecular weight is 349 g/mol. The maximum atomic E-state index is 7.50. The Morgan fingerprint density at radius 3 is 2.57 bits per heavy atom. The van der Waals surface area contributed by atoms with Gasteiger partial charge in [0.1, 0.15) is 23.9 Å². The van der Waals surface area contributed by atoms with Crippen LogP contribution in [0.25, 0.3) is 0 Å². The Hall–Kier alpha value is -2.01. The molecule has 0 radical (unpaired) electrons. The summed E-state index contributed by atoms with van der Waals surface area (Å²) in [6.07, 6.45) is 0. The quantitative estimate of drug-likeness (QED) is 0.640. The highest BCUT2D eigenvalue weighted by atomic mass is 79.9. The van der Waals surface area contributed by atoms with Gasteiger partial charge >= 0.3 is 0 Å². The molecule has 0 atom stereocenters. The SMILES string of the molecule is COc1cc(COc2ccc(C)cc2Br)ccc1C(=N)N. The third kappa shape index (κ3) is 3.76. The number of halogens is 1. The number of rotatable bonds is 5. The minimum absolute atomic E-state index is 0.0133. The van der Waals surface area contributed by atoms with E-state index in [1.807, 2.05) is 37.3 Å². The summed E-state index contributed by atoms with van der Waals surface area (Å²) in [6, 6.07) is 11.4. The second-order valence-corrected chi connectivity index (χ2v) is 5.53. The number of nitrogens with two attached hydrogens (primary N) is 1. The van der Waals surface area contributed by atoms with Crippen LogP contribution >= 0.6 is 15.9 Å². The van der Waals surface area contributed by atoms with E-state index in [0.717, 1.165) is 15.8 Å². The van der Waals surface area contributed by atoms with Crippen molar-refractivity contribution in [1.82, 2.24) is 0 Å². The van der Waals surface area contributed by atoms with Crippen LogP contribution in [-0.2, 0) is 6.61 Å². The molecule has 0 fully saturated rings. The minimum atomic E-state index is -0.0133. The zero-order valence-corrected chi connectivity index (χ0v) is 13.5. The summed E-state index contributed by atoms with van der Waals surface area (Å²) in [5.41, 5.74) is 8.20. The second kappa shape index (κ2) is 6.63. The highest BCUT2D eigenvalue weighted by Crippen LogP contribution is 2.27. The first-order valence-electron chi connectivity index (χ1n) is 6.41. The number of aryl methyl sites for hydroxylation is 1. The van der Waals surface area contributed by atoms with Gasteiger partial charge in [-0.2, -0.15) is 0 Å². The van der Waals surface area contributed by atoms with Crippen LogP contribution in [0, 0.1) is 12.3 Å². The fraction of sp³-hybridized carbons (Fsp3) is 0.188. The van der Waals surface area contributed by atoms with Crippen molar-refractivity contribution in [2.75, 3.05) is 7.11 Å². The summed E-state index contributed by atoms with van der Waals surface area (Å²) in [6.45, 7) is 2.44. The third-order valence-electron chi connectivity index (χ3n) is 3.04. The molecule has 5 heteroatoms. The molecule has 0 aromatic heterocycles. The van der Waals surface area contributed by atoms with Gasteiger partial charge in [-0.3, -0.25) is 5.41 Å². The van der Waals surface area contributed by atoms with Crippen LogP contribution in [0.2, 0.25) is 0 Å². The lowest BCUT2D eigenvalue weighted by Gasteiger charge is -2.12. The van der Waals surface area contributed by atoms with Crippen molar-refractivity contribution in [2.45, 2.75) is 13.5 Å². The Labute approximate surface area is 132 Å². The maximum Gasteiger partial charge on any atom is 0.134 e. The normalized spacial score (nSPS) is 10.2. The average Bonchev–Trinajstić information content (AvgIpc) is 2.45. The van der Waals surface area contributed by atoms with Gasteiger partial charge < -0.3 is 15.2 Å². The summed E-state index contributed by atoms with van der Waals surface area (Å²) in [7, 11) is 1.56. The molecule has 3 N–H and O–H groups in total. The van der Waals surface area contributed by atoms with Gasteiger partial charge in [0.25, 0.3) is 0 Å². The van der Waals surface area contributed by atoms with Crippen LogP contribution in [0.3, 0.4) is 0 Å². The predicted molar refractivity (Wildman–Crippen MR) is 87.2 cm³/mol. The van der Waals surface area contributed by atoms with E-state index in [-0.39, 0.29) is 5.84 Å².